The molecule has 1 aliphatic heterocycles. The zero-order chi connectivity index (χ0) is 20.1. The summed E-state index contributed by atoms with van der Waals surface area (Å²) in [5.41, 5.74) is 0.471. The van der Waals surface area contributed by atoms with Gasteiger partial charge in [0.25, 0.3) is 11.6 Å². The largest absolute Gasteiger partial charge is 0.455 e. The topological polar surface area (TPSA) is 117 Å². The van der Waals surface area contributed by atoms with Gasteiger partial charge >= 0.3 is 5.97 Å². The maximum atomic E-state index is 12.1. The van der Waals surface area contributed by atoms with Gasteiger partial charge in [-0.3, -0.25) is 19.7 Å². The molecule has 0 unspecified atom stereocenters. The summed E-state index contributed by atoms with van der Waals surface area (Å²) in [5, 5.41) is 12.7. The molecule has 2 aromatic rings. The average molecular weight is 404 g/mol. The van der Waals surface area contributed by atoms with Crippen molar-refractivity contribution >= 4 is 35.0 Å². The van der Waals surface area contributed by atoms with Crippen molar-refractivity contribution in [3.8, 4) is 11.5 Å². The van der Waals surface area contributed by atoms with Crippen LogP contribution in [0.15, 0.2) is 47.4 Å². The normalized spacial score (nSPS) is 12.9. The molecule has 0 aromatic heterocycles. The standard InChI is InChI=1S/C18H16N2O7S/c1-11(28-14-5-3-13(4-6-14)20(23)24)18(22)25-9-17(21)19-12-2-7-15-16(8-12)27-10-26-15/h2-8,11H,9-10H2,1H3,(H,19,21)/t11-/m0/s1. The van der Waals surface area contributed by atoms with Crippen LogP contribution in [0.3, 0.4) is 0 Å². The molecule has 1 atom stereocenters. The number of benzene rings is 2. The van der Waals surface area contributed by atoms with E-state index in [1.165, 1.54) is 23.9 Å². The van der Waals surface area contributed by atoms with Crippen LogP contribution in [-0.2, 0) is 14.3 Å². The van der Waals surface area contributed by atoms with Crippen LogP contribution in [0, 0.1) is 10.1 Å². The van der Waals surface area contributed by atoms with Gasteiger partial charge in [-0.2, -0.15) is 0 Å². The molecule has 9 nitrogen and oxygen atoms in total. The van der Waals surface area contributed by atoms with Crippen LogP contribution in [0.25, 0.3) is 0 Å². The first-order chi connectivity index (χ1) is 13.4. The molecule has 3 rings (SSSR count). The van der Waals surface area contributed by atoms with Gasteiger partial charge < -0.3 is 19.5 Å². The van der Waals surface area contributed by atoms with Crippen LogP contribution in [0.2, 0.25) is 0 Å². The molecule has 1 aliphatic rings. The van der Waals surface area contributed by atoms with Gasteiger partial charge in [0.05, 0.1) is 4.92 Å². The molecule has 0 saturated heterocycles. The summed E-state index contributed by atoms with van der Waals surface area (Å²) < 4.78 is 15.4. The summed E-state index contributed by atoms with van der Waals surface area (Å²) in [4.78, 5) is 34.9. The molecule has 146 valence electrons. The van der Waals surface area contributed by atoms with Gasteiger partial charge in [-0.05, 0) is 31.2 Å². The molecule has 10 heteroatoms. The molecule has 0 saturated carbocycles. The number of ether oxygens (including phenoxy) is 3. The monoisotopic (exact) mass is 404 g/mol. The molecule has 1 amide bonds. The Balaban J connectivity index is 1.46. The first kappa shape index (κ1) is 19.5. The van der Waals surface area contributed by atoms with Crippen LogP contribution in [0.5, 0.6) is 11.5 Å². The van der Waals surface area contributed by atoms with E-state index in [0.717, 1.165) is 0 Å². The third-order valence-corrected chi connectivity index (χ3v) is 4.78. The second kappa shape index (κ2) is 8.61. The number of nitrogens with zero attached hydrogens (tertiary/aromatic N) is 1. The number of thioether (sulfide) groups is 1. The highest BCUT2D eigenvalue weighted by atomic mass is 32.2. The third-order valence-electron chi connectivity index (χ3n) is 3.69. The lowest BCUT2D eigenvalue weighted by Gasteiger charge is -2.11. The minimum absolute atomic E-state index is 0.0280. The number of non-ortho nitro benzene ring substituents is 1. The van der Waals surface area contributed by atoms with Crippen molar-refractivity contribution in [1.29, 1.82) is 0 Å². The van der Waals surface area contributed by atoms with Crippen LogP contribution >= 0.6 is 11.8 Å². The lowest BCUT2D eigenvalue weighted by molar-refractivity contribution is -0.384. The highest BCUT2D eigenvalue weighted by Gasteiger charge is 2.19. The number of rotatable bonds is 7. The number of anilines is 1. The summed E-state index contributed by atoms with van der Waals surface area (Å²) in [5.74, 6) is 0.0772. The van der Waals surface area contributed by atoms with Crippen molar-refractivity contribution in [3.05, 3.63) is 52.6 Å². The number of hydrogen-bond donors (Lipinski definition) is 1. The molecule has 1 heterocycles. The molecular formula is C18H16N2O7S. The first-order valence-corrected chi connectivity index (χ1v) is 9.07. The van der Waals surface area contributed by atoms with E-state index in [0.29, 0.717) is 22.1 Å². The smallest absolute Gasteiger partial charge is 0.319 e. The Morgan fingerprint density at radius 1 is 1.21 bits per heavy atom. The van der Waals surface area contributed by atoms with Gasteiger partial charge in [0.1, 0.15) is 5.25 Å². The Morgan fingerprint density at radius 2 is 1.93 bits per heavy atom. The van der Waals surface area contributed by atoms with Crippen LogP contribution in [0.1, 0.15) is 6.92 Å². The number of fused-ring (bicyclic) bond motifs is 1. The number of carbonyl (C=O) groups is 2. The zero-order valence-corrected chi connectivity index (χ0v) is 15.6. The van der Waals surface area contributed by atoms with E-state index in [2.05, 4.69) is 5.32 Å². The Bertz CT molecular complexity index is 901. The minimum atomic E-state index is -0.584. The predicted molar refractivity (Wildman–Crippen MR) is 101 cm³/mol. The fourth-order valence-electron chi connectivity index (χ4n) is 2.32. The second-order valence-electron chi connectivity index (χ2n) is 5.74. The van der Waals surface area contributed by atoms with Gasteiger partial charge in [0.15, 0.2) is 18.1 Å². The molecular weight excluding hydrogens is 388 g/mol. The summed E-state index contributed by atoms with van der Waals surface area (Å²) in [6.45, 7) is 1.33. The number of nitrogens with one attached hydrogen (secondary N) is 1. The van der Waals surface area contributed by atoms with Crippen LogP contribution < -0.4 is 14.8 Å². The fraction of sp³-hybridized carbons (Fsp3) is 0.222. The maximum absolute atomic E-state index is 12.1. The molecule has 0 fully saturated rings. The highest BCUT2D eigenvalue weighted by Crippen LogP contribution is 2.34. The third kappa shape index (κ3) is 4.92. The quantitative estimate of drug-likeness (QED) is 0.324. The van der Waals surface area contributed by atoms with Crippen LogP contribution in [0.4, 0.5) is 11.4 Å². The van der Waals surface area contributed by atoms with Gasteiger partial charge in [-0.1, -0.05) is 0 Å². The Morgan fingerprint density at radius 3 is 2.64 bits per heavy atom. The summed E-state index contributed by atoms with van der Waals surface area (Å²) in [7, 11) is 0. The van der Waals surface area contributed by atoms with Gasteiger partial charge in [-0.25, -0.2) is 0 Å². The minimum Gasteiger partial charge on any atom is -0.455 e. The number of esters is 1. The average Bonchev–Trinajstić information content (AvgIpc) is 3.14. The molecule has 0 radical (unpaired) electrons. The molecule has 0 aliphatic carbocycles. The van der Waals surface area contributed by atoms with E-state index in [9.17, 15) is 19.7 Å². The van der Waals surface area contributed by atoms with Crippen molar-refractivity contribution in [2.24, 2.45) is 0 Å². The van der Waals surface area contributed by atoms with Crippen molar-refractivity contribution in [2.75, 3.05) is 18.7 Å². The summed E-state index contributed by atoms with van der Waals surface area (Å²) in [6, 6.07) is 10.8. The van der Waals surface area contributed by atoms with Crippen molar-refractivity contribution in [1.82, 2.24) is 0 Å². The molecule has 0 bridgehead atoms. The Kier molecular flexibility index (Phi) is 5.99. The summed E-state index contributed by atoms with van der Waals surface area (Å²) in [6.07, 6.45) is 0. The van der Waals surface area contributed by atoms with Crippen LogP contribution in [-0.4, -0.2) is 35.4 Å². The van der Waals surface area contributed by atoms with E-state index >= 15 is 0 Å². The maximum Gasteiger partial charge on any atom is 0.319 e. The Labute approximate surface area is 164 Å². The van der Waals surface area contributed by atoms with E-state index in [1.807, 2.05) is 0 Å². The number of amides is 1. The lowest BCUT2D eigenvalue weighted by atomic mass is 10.3. The second-order valence-corrected chi connectivity index (χ2v) is 7.15. The van der Waals surface area contributed by atoms with Gasteiger partial charge in [0, 0.05) is 28.8 Å². The van der Waals surface area contributed by atoms with E-state index in [4.69, 9.17) is 14.2 Å². The van der Waals surface area contributed by atoms with Crippen molar-refractivity contribution in [3.63, 3.8) is 0 Å². The fourth-order valence-corrected chi connectivity index (χ4v) is 3.19. The lowest BCUT2D eigenvalue weighted by Crippen LogP contribution is -2.24. The van der Waals surface area contributed by atoms with Gasteiger partial charge in [-0.15, -0.1) is 11.8 Å². The van der Waals surface area contributed by atoms with E-state index in [1.54, 1.807) is 37.3 Å². The van der Waals surface area contributed by atoms with Crippen molar-refractivity contribution < 1.29 is 28.7 Å². The first-order valence-electron chi connectivity index (χ1n) is 8.19. The Hall–Kier alpha value is -3.27. The predicted octanol–water partition coefficient (Wildman–Crippen LogP) is 2.99. The number of nitro groups is 1. The summed E-state index contributed by atoms with van der Waals surface area (Å²) >= 11 is 1.18. The number of nitro benzene ring substituents is 1. The molecule has 0 spiro atoms. The van der Waals surface area contributed by atoms with E-state index < -0.39 is 28.7 Å². The highest BCUT2D eigenvalue weighted by molar-refractivity contribution is 8.00. The SMILES string of the molecule is C[C@H](Sc1ccc([N+](=O)[O-])cc1)C(=O)OCC(=O)Nc1ccc2c(c1)OCO2. The molecule has 1 N–H and O–H groups in total. The van der Waals surface area contributed by atoms with Gasteiger partial charge in [0.2, 0.25) is 6.79 Å². The zero-order valence-electron chi connectivity index (χ0n) is 14.7. The number of hydrogen-bond acceptors (Lipinski definition) is 8. The van der Waals surface area contributed by atoms with E-state index in [-0.39, 0.29) is 12.5 Å². The van der Waals surface area contributed by atoms with Crippen molar-refractivity contribution in [2.45, 2.75) is 17.1 Å². The molecule has 28 heavy (non-hydrogen) atoms. The number of carbonyl (C=O) groups excluding carboxylic acids is 2. The molecule has 2 aromatic carbocycles.